The molecule has 8 heteroatoms. The van der Waals surface area contributed by atoms with Crippen molar-refractivity contribution in [2.24, 2.45) is 5.73 Å². The number of benzene rings is 1. The van der Waals surface area contributed by atoms with Crippen molar-refractivity contribution in [2.45, 2.75) is 17.1 Å². The van der Waals surface area contributed by atoms with Gasteiger partial charge in [0.2, 0.25) is 0 Å². The summed E-state index contributed by atoms with van der Waals surface area (Å²) in [5, 5.41) is -0.918. The van der Waals surface area contributed by atoms with E-state index in [2.05, 4.69) is 4.98 Å². The number of nitrogens with two attached hydrogens (primary N) is 1. The number of hydrogen-bond donors (Lipinski definition) is 1. The number of hydrogen-bond acceptors (Lipinski definition) is 4. The summed E-state index contributed by atoms with van der Waals surface area (Å²) < 4.78 is 50.6. The molecule has 2 nitrogen and oxygen atoms in total. The van der Waals surface area contributed by atoms with Gasteiger partial charge in [-0.1, -0.05) is 12.1 Å². The van der Waals surface area contributed by atoms with Crippen molar-refractivity contribution in [3.05, 3.63) is 46.2 Å². The molecule has 0 radical (unpaired) electrons. The highest BCUT2D eigenvalue weighted by Crippen LogP contribution is 2.35. The summed E-state index contributed by atoms with van der Waals surface area (Å²) in [7, 11) is 0. The molecule has 0 aliphatic carbocycles. The minimum absolute atomic E-state index is 0.278. The molecule has 0 aliphatic rings. The van der Waals surface area contributed by atoms with E-state index in [1.165, 1.54) is 6.07 Å². The molecule has 0 aliphatic heterocycles. The predicted octanol–water partition coefficient (Wildman–Crippen LogP) is 4.09. The number of thioether (sulfide) groups is 1. The third-order valence-corrected chi connectivity index (χ3v) is 4.73. The highest BCUT2D eigenvalue weighted by atomic mass is 32.2. The Morgan fingerprint density at radius 3 is 2.60 bits per heavy atom. The van der Waals surface area contributed by atoms with Crippen LogP contribution in [0.15, 0.2) is 35.4 Å². The van der Waals surface area contributed by atoms with Crippen molar-refractivity contribution in [1.29, 1.82) is 0 Å². The molecule has 1 heterocycles. The third kappa shape index (κ3) is 3.71. The number of alkyl halides is 3. The monoisotopic (exact) mass is 322 g/mol. The van der Waals surface area contributed by atoms with E-state index < -0.39 is 17.2 Å². The minimum atomic E-state index is -4.46. The zero-order valence-corrected chi connectivity index (χ0v) is 11.7. The first-order chi connectivity index (χ1) is 9.38. The lowest BCUT2D eigenvalue weighted by atomic mass is 10.3. The number of rotatable bonds is 4. The van der Waals surface area contributed by atoms with Crippen molar-refractivity contribution < 1.29 is 17.6 Å². The molecule has 0 spiro atoms. The van der Waals surface area contributed by atoms with Gasteiger partial charge >= 0.3 is 6.18 Å². The average Bonchev–Trinajstić information content (AvgIpc) is 2.87. The van der Waals surface area contributed by atoms with E-state index in [1.807, 2.05) is 0 Å². The molecule has 0 amide bonds. The zero-order chi connectivity index (χ0) is 14.8. The van der Waals surface area contributed by atoms with Crippen LogP contribution in [0.25, 0.3) is 0 Å². The highest BCUT2D eigenvalue weighted by Gasteiger charge is 2.35. The lowest BCUT2D eigenvalue weighted by Gasteiger charge is -2.09. The molecule has 0 saturated carbocycles. The van der Waals surface area contributed by atoms with Crippen LogP contribution in [-0.2, 0) is 6.18 Å². The van der Waals surface area contributed by atoms with Crippen LogP contribution in [0.4, 0.5) is 17.6 Å². The number of thiazole rings is 1. The summed E-state index contributed by atoms with van der Waals surface area (Å²) in [4.78, 5) is 4.07. The van der Waals surface area contributed by atoms with Crippen LogP contribution < -0.4 is 5.73 Å². The third-order valence-electron chi connectivity index (χ3n) is 2.39. The molecule has 2 aromatic rings. The summed E-state index contributed by atoms with van der Waals surface area (Å²) in [6.07, 6.45) is -3.33. The largest absolute Gasteiger partial charge is 0.443 e. The van der Waals surface area contributed by atoms with E-state index in [-0.39, 0.29) is 11.6 Å². The topological polar surface area (TPSA) is 38.9 Å². The Morgan fingerprint density at radius 1 is 1.30 bits per heavy atom. The zero-order valence-electron chi connectivity index (χ0n) is 10.0. The van der Waals surface area contributed by atoms with Gasteiger partial charge in [-0.15, -0.1) is 23.1 Å². The summed E-state index contributed by atoms with van der Waals surface area (Å²) >= 11 is 1.68. The van der Waals surface area contributed by atoms with Crippen LogP contribution in [0.2, 0.25) is 0 Å². The van der Waals surface area contributed by atoms with Crippen LogP contribution in [-0.4, -0.2) is 10.7 Å². The average molecular weight is 322 g/mol. The van der Waals surface area contributed by atoms with Crippen LogP contribution in [0, 0.1) is 5.82 Å². The Kier molecular flexibility index (Phi) is 4.66. The van der Waals surface area contributed by atoms with Gasteiger partial charge in [0.1, 0.15) is 5.82 Å². The first kappa shape index (κ1) is 15.3. The van der Waals surface area contributed by atoms with E-state index >= 15 is 0 Å². The Bertz CT molecular complexity index is 583. The van der Waals surface area contributed by atoms with Gasteiger partial charge in [-0.3, -0.25) is 0 Å². The van der Waals surface area contributed by atoms with E-state index in [0.717, 1.165) is 18.0 Å². The molecule has 108 valence electrons. The molecule has 0 fully saturated rings. The molecule has 1 atom stereocenters. The second-order valence-corrected chi connectivity index (χ2v) is 6.04. The summed E-state index contributed by atoms with van der Waals surface area (Å²) in [6, 6.07) is 5.56. The molecule has 2 rings (SSSR count). The van der Waals surface area contributed by atoms with Gasteiger partial charge in [0.05, 0.1) is 6.04 Å². The van der Waals surface area contributed by atoms with Gasteiger partial charge in [-0.25, -0.2) is 9.37 Å². The fraction of sp³-hybridized carbons (Fsp3) is 0.250. The summed E-state index contributed by atoms with van der Waals surface area (Å²) in [5.74, 6) is -0.0922. The van der Waals surface area contributed by atoms with Crippen molar-refractivity contribution in [3.63, 3.8) is 0 Å². The molecule has 0 bridgehead atoms. The van der Waals surface area contributed by atoms with E-state index in [1.54, 1.807) is 18.2 Å². The lowest BCUT2D eigenvalue weighted by Crippen LogP contribution is -2.11. The van der Waals surface area contributed by atoms with Crippen LogP contribution in [0.1, 0.15) is 15.9 Å². The van der Waals surface area contributed by atoms with Gasteiger partial charge in [0.25, 0.3) is 0 Å². The van der Waals surface area contributed by atoms with Crippen LogP contribution >= 0.6 is 23.1 Å². The molecule has 1 aromatic carbocycles. The maximum atomic E-state index is 13.4. The van der Waals surface area contributed by atoms with Crippen LogP contribution in [0.3, 0.4) is 0 Å². The van der Waals surface area contributed by atoms with Gasteiger partial charge in [0, 0.05) is 21.7 Å². The van der Waals surface area contributed by atoms with Gasteiger partial charge in [-0.05, 0) is 12.1 Å². The SMILES string of the molecule is NC(CSc1ccccc1F)c1cnc(C(F)(F)F)s1. The van der Waals surface area contributed by atoms with Gasteiger partial charge in [-0.2, -0.15) is 13.2 Å². The van der Waals surface area contributed by atoms with E-state index in [4.69, 9.17) is 5.73 Å². The van der Waals surface area contributed by atoms with Gasteiger partial charge in [0.15, 0.2) is 5.01 Å². The first-order valence-corrected chi connectivity index (χ1v) is 7.34. The Balaban J connectivity index is 2.00. The Morgan fingerprint density at radius 2 is 2.00 bits per heavy atom. The molecule has 2 N–H and O–H groups in total. The molecule has 0 saturated heterocycles. The smallest absolute Gasteiger partial charge is 0.323 e. The van der Waals surface area contributed by atoms with Gasteiger partial charge < -0.3 is 5.73 Å². The Hall–Kier alpha value is -1.12. The van der Waals surface area contributed by atoms with Crippen molar-refractivity contribution in [2.75, 3.05) is 5.75 Å². The fourth-order valence-corrected chi connectivity index (χ4v) is 3.22. The molecular weight excluding hydrogens is 312 g/mol. The van der Waals surface area contributed by atoms with Crippen LogP contribution in [0.5, 0.6) is 0 Å². The standard InChI is InChI=1S/C12H10F4N2S2/c13-7-3-1-2-4-9(7)19-6-8(17)10-5-18-11(20-10)12(14,15)16/h1-5,8H,6,17H2. The summed E-state index contributed by atoms with van der Waals surface area (Å²) in [6.45, 7) is 0. The fourth-order valence-electron chi connectivity index (χ4n) is 1.41. The quantitative estimate of drug-likeness (QED) is 0.680. The molecule has 1 aromatic heterocycles. The minimum Gasteiger partial charge on any atom is -0.323 e. The Labute approximate surface area is 121 Å². The van der Waals surface area contributed by atoms with E-state index in [0.29, 0.717) is 21.1 Å². The van der Waals surface area contributed by atoms with Crippen molar-refractivity contribution >= 4 is 23.1 Å². The lowest BCUT2D eigenvalue weighted by molar-refractivity contribution is -0.137. The number of nitrogens with zero attached hydrogens (tertiary/aromatic N) is 1. The maximum Gasteiger partial charge on any atom is 0.443 e. The number of halogens is 4. The molecular formula is C12H10F4N2S2. The first-order valence-electron chi connectivity index (χ1n) is 5.54. The highest BCUT2D eigenvalue weighted by molar-refractivity contribution is 7.99. The molecule has 20 heavy (non-hydrogen) atoms. The molecule has 1 unspecified atom stereocenters. The second kappa shape index (κ2) is 6.11. The maximum absolute atomic E-state index is 13.4. The normalized spacial score (nSPS) is 13.4. The predicted molar refractivity (Wildman–Crippen MR) is 71.2 cm³/mol. The van der Waals surface area contributed by atoms with E-state index in [9.17, 15) is 17.6 Å². The van der Waals surface area contributed by atoms with Crippen molar-refractivity contribution in [3.8, 4) is 0 Å². The second-order valence-electron chi connectivity index (χ2n) is 3.91. The van der Waals surface area contributed by atoms with Crippen molar-refractivity contribution in [1.82, 2.24) is 4.98 Å². The summed E-state index contributed by atoms with van der Waals surface area (Å²) in [5.41, 5.74) is 5.81. The number of aromatic nitrogens is 1.